The van der Waals surface area contributed by atoms with Gasteiger partial charge in [0.2, 0.25) is 11.9 Å². The molecule has 11 heteroatoms. The summed E-state index contributed by atoms with van der Waals surface area (Å²) in [5.74, 6) is -1.04. The van der Waals surface area contributed by atoms with E-state index in [2.05, 4.69) is 9.71 Å². The second-order valence-electron chi connectivity index (χ2n) is 8.13. The van der Waals surface area contributed by atoms with Gasteiger partial charge in [0.25, 0.3) is 10.0 Å². The standard InChI is InChI=1S/C25H23Cl2N5O3S/c1-16(24(28)33)29-25(31-36(34,35)21-13-11-20(27)12-14-21)32-15-22(17-5-3-2-4-6-17)23(30-32)18-7-9-19(26)10-8-18/h2-14,16,22H,15H2,1H3,(H2,28,33)(H,29,31)/t16-,22?/m0/s1. The normalized spacial score (nSPS) is 17.0. The minimum absolute atomic E-state index is 0.0213. The second-order valence-corrected chi connectivity index (χ2v) is 10.7. The van der Waals surface area contributed by atoms with Crippen molar-refractivity contribution in [1.29, 1.82) is 0 Å². The Balaban J connectivity index is 1.76. The third kappa shape index (κ3) is 5.87. The molecule has 0 aromatic heterocycles. The molecule has 36 heavy (non-hydrogen) atoms. The van der Waals surface area contributed by atoms with Gasteiger partial charge in [0.1, 0.15) is 6.04 Å². The molecule has 0 saturated heterocycles. The monoisotopic (exact) mass is 543 g/mol. The highest BCUT2D eigenvalue weighted by molar-refractivity contribution is 7.90. The summed E-state index contributed by atoms with van der Waals surface area (Å²) in [7, 11) is -4.07. The van der Waals surface area contributed by atoms with Crippen LogP contribution in [0, 0.1) is 0 Å². The van der Waals surface area contributed by atoms with Gasteiger partial charge in [0, 0.05) is 16.0 Å². The van der Waals surface area contributed by atoms with Gasteiger partial charge in [0.05, 0.1) is 17.2 Å². The smallest absolute Gasteiger partial charge is 0.264 e. The molecular weight excluding hydrogens is 521 g/mol. The van der Waals surface area contributed by atoms with E-state index in [9.17, 15) is 13.2 Å². The molecule has 1 unspecified atom stereocenters. The van der Waals surface area contributed by atoms with E-state index in [-0.39, 0.29) is 23.3 Å². The van der Waals surface area contributed by atoms with Crippen molar-refractivity contribution >= 4 is 50.8 Å². The first kappa shape index (κ1) is 25.7. The molecule has 0 fully saturated rings. The van der Waals surface area contributed by atoms with E-state index in [1.165, 1.54) is 36.2 Å². The zero-order chi connectivity index (χ0) is 25.9. The number of halogens is 2. The molecule has 0 saturated carbocycles. The molecule has 8 nitrogen and oxygen atoms in total. The van der Waals surface area contributed by atoms with Crippen molar-refractivity contribution in [3.63, 3.8) is 0 Å². The molecule has 2 atom stereocenters. The van der Waals surface area contributed by atoms with Crippen LogP contribution in [-0.2, 0) is 14.8 Å². The number of sulfonamides is 1. The number of hydrazone groups is 1. The Hall–Kier alpha value is -3.40. The Labute approximate surface area is 219 Å². The van der Waals surface area contributed by atoms with Crippen LogP contribution in [-0.4, -0.2) is 43.6 Å². The first-order chi connectivity index (χ1) is 17.1. The molecule has 1 aliphatic rings. The Morgan fingerprint density at radius 3 is 2.19 bits per heavy atom. The van der Waals surface area contributed by atoms with Crippen LogP contribution in [0.4, 0.5) is 0 Å². The average Bonchev–Trinajstić information content (AvgIpc) is 3.30. The fourth-order valence-corrected chi connectivity index (χ4v) is 4.91. The van der Waals surface area contributed by atoms with E-state index in [1.807, 2.05) is 42.5 Å². The van der Waals surface area contributed by atoms with E-state index >= 15 is 0 Å². The maximum atomic E-state index is 13.2. The summed E-state index contributed by atoms with van der Waals surface area (Å²) in [4.78, 5) is 16.0. The van der Waals surface area contributed by atoms with Crippen molar-refractivity contribution in [3.8, 4) is 0 Å². The third-order valence-electron chi connectivity index (χ3n) is 5.58. The molecule has 0 radical (unpaired) electrons. The fraction of sp³-hybridized carbons (Fsp3) is 0.160. The zero-order valence-electron chi connectivity index (χ0n) is 19.2. The van der Waals surface area contributed by atoms with Gasteiger partial charge in [-0.3, -0.25) is 4.79 Å². The fourth-order valence-electron chi connectivity index (χ4n) is 3.65. The van der Waals surface area contributed by atoms with E-state index in [1.54, 1.807) is 12.1 Å². The van der Waals surface area contributed by atoms with Crippen LogP contribution >= 0.6 is 23.2 Å². The van der Waals surface area contributed by atoms with Crippen molar-refractivity contribution in [3.05, 3.63) is 100 Å². The molecule has 3 aromatic rings. The topological polar surface area (TPSA) is 117 Å². The predicted octanol–water partition coefficient (Wildman–Crippen LogP) is 4.01. The van der Waals surface area contributed by atoms with Crippen molar-refractivity contribution in [1.82, 2.24) is 9.73 Å². The summed E-state index contributed by atoms with van der Waals surface area (Å²) in [6, 6.07) is 21.6. The Bertz CT molecular complexity index is 1410. The average molecular weight is 544 g/mol. The van der Waals surface area contributed by atoms with Gasteiger partial charge in [-0.2, -0.15) is 5.10 Å². The Morgan fingerprint density at radius 1 is 1.03 bits per heavy atom. The SMILES string of the molecule is C[C@H](N=C(NS(=O)(=O)c1ccc(Cl)cc1)N1CC(c2ccccc2)C(c2ccc(Cl)cc2)=N1)C(N)=O. The maximum absolute atomic E-state index is 13.2. The molecule has 0 spiro atoms. The lowest BCUT2D eigenvalue weighted by molar-refractivity contribution is -0.118. The van der Waals surface area contributed by atoms with E-state index in [0.717, 1.165) is 11.1 Å². The number of benzene rings is 3. The number of amides is 1. The number of nitrogens with one attached hydrogen (secondary N) is 1. The molecule has 3 N–H and O–H groups in total. The van der Waals surface area contributed by atoms with E-state index in [0.29, 0.717) is 15.8 Å². The summed E-state index contributed by atoms with van der Waals surface area (Å²) < 4.78 is 28.8. The van der Waals surface area contributed by atoms with Gasteiger partial charge in [0.15, 0.2) is 0 Å². The number of rotatable bonds is 6. The van der Waals surface area contributed by atoms with Gasteiger partial charge in [-0.1, -0.05) is 65.7 Å². The zero-order valence-corrected chi connectivity index (χ0v) is 21.5. The Kier molecular flexibility index (Phi) is 7.63. The van der Waals surface area contributed by atoms with Crippen LogP contribution in [0.15, 0.2) is 93.9 Å². The van der Waals surface area contributed by atoms with Crippen LogP contribution in [0.1, 0.15) is 24.0 Å². The summed E-state index contributed by atoms with van der Waals surface area (Å²) >= 11 is 12.0. The highest BCUT2D eigenvalue weighted by atomic mass is 35.5. The molecule has 0 aliphatic carbocycles. The highest BCUT2D eigenvalue weighted by Gasteiger charge is 2.33. The summed E-state index contributed by atoms with van der Waals surface area (Å²) in [6.07, 6.45) is 0. The van der Waals surface area contributed by atoms with Gasteiger partial charge in [-0.25, -0.2) is 23.1 Å². The van der Waals surface area contributed by atoms with Gasteiger partial charge >= 0.3 is 0 Å². The van der Waals surface area contributed by atoms with Gasteiger partial charge < -0.3 is 5.73 Å². The lowest BCUT2D eigenvalue weighted by Crippen LogP contribution is -2.43. The van der Waals surface area contributed by atoms with Crippen LogP contribution in [0.5, 0.6) is 0 Å². The number of guanidine groups is 1. The van der Waals surface area contributed by atoms with Crippen molar-refractivity contribution in [2.75, 3.05) is 6.54 Å². The predicted molar refractivity (Wildman–Crippen MR) is 142 cm³/mol. The van der Waals surface area contributed by atoms with Gasteiger partial charge in [-0.15, -0.1) is 0 Å². The van der Waals surface area contributed by atoms with Crippen LogP contribution in [0.25, 0.3) is 0 Å². The lowest BCUT2D eigenvalue weighted by atomic mass is 9.91. The number of primary amides is 1. The third-order valence-corrected chi connectivity index (χ3v) is 7.43. The van der Waals surface area contributed by atoms with Crippen molar-refractivity contribution in [2.24, 2.45) is 15.8 Å². The molecule has 1 aliphatic heterocycles. The minimum Gasteiger partial charge on any atom is -0.368 e. The van der Waals surface area contributed by atoms with Gasteiger partial charge in [-0.05, 0) is 54.4 Å². The molecule has 4 rings (SSSR count). The molecule has 1 amide bonds. The van der Waals surface area contributed by atoms with Crippen LogP contribution in [0.2, 0.25) is 10.0 Å². The molecule has 1 heterocycles. The number of hydrogen-bond acceptors (Lipinski definition) is 5. The molecule has 3 aromatic carbocycles. The number of hydrogen-bond donors (Lipinski definition) is 2. The van der Waals surface area contributed by atoms with Crippen LogP contribution < -0.4 is 10.5 Å². The number of carbonyl (C=O) groups is 1. The first-order valence-corrected chi connectivity index (χ1v) is 13.2. The number of nitrogens with zero attached hydrogens (tertiary/aromatic N) is 3. The lowest BCUT2D eigenvalue weighted by Gasteiger charge is -2.20. The Morgan fingerprint density at radius 2 is 1.61 bits per heavy atom. The van der Waals surface area contributed by atoms with Crippen molar-refractivity contribution < 1.29 is 13.2 Å². The molecule has 186 valence electrons. The molecule has 0 bridgehead atoms. The first-order valence-electron chi connectivity index (χ1n) is 11.0. The number of carbonyl (C=O) groups excluding carboxylic acids is 1. The second kappa shape index (κ2) is 10.7. The minimum atomic E-state index is -4.07. The number of aliphatic imine (C=N–C) groups is 1. The van der Waals surface area contributed by atoms with Crippen molar-refractivity contribution in [2.45, 2.75) is 23.8 Å². The maximum Gasteiger partial charge on any atom is 0.264 e. The number of nitrogens with two attached hydrogens (primary N) is 1. The highest BCUT2D eigenvalue weighted by Crippen LogP contribution is 2.30. The van der Waals surface area contributed by atoms with E-state index < -0.39 is 22.0 Å². The van der Waals surface area contributed by atoms with Crippen LogP contribution in [0.3, 0.4) is 0 Å². The quantitative estimate of drug-likeness (QED) is 0.360. The summed E-state index contributed by atoms with van der Waals surface area (Å²) in [6.45, 7) is 1.75. The molecular formula is C25H23Cl2N5O3S. The largest absolute Gasteiger partial charge is 0.368 e. The summed E-state index contributed by atoms with van der Waals surface area (Å²) in [5.41, 5.74) is 7.92. The van der Waals surface area contributed by atoms with E-state index in [4.69, 9.17) is 34.0 Å². The summed E-state index contributed by atoms with van der Waals surface area (Å²) in [5, 5.41) is 7.14.